The van der Waals surface area contributed by atoms with E-state index in [1.165, 1.54) is 5.00 Å². The fourth-order valence-electron chi connectivity index (χ4n) is 0. The third kappa shape index (κ3) is 5.68. The molecular weight excluding hydrogens is 233 g/mol. The molecule has 0 spiro atoms. The van der Waals surface area contributed by atoms with Gasteiger partial charge in [-0.15, -0.1) is 0 Å². The predicted octanol–water partition coefficient (Wildman–Crippen LogP) is 2.77. The summed E-state index contributed by atoms with van der Waals surface area (Å²) in [7, 11) is 4.44. The first-order chi connectivity index (χ1) is 2.27. The molecule has 0 saturated carbocycles. The van der Waals surface area contributed by atoms with Gasteiger partial charge in [-0.1, -0.05) is 0 Å². The van der Waals surface area contributed by atoms with Crippen molar-refractivity contribution in [2.45, 2.75) is 0 Å². The molecule has 5 heavy (non-hydrogen) atoms. The van der Waals surface area contributed by atoms with E-state index in [9.17, 15) is 0 Å². The van der Waals surface area contributed by atoms with E-state index in [-0.39, 0.29) is 0 Å². The SMILES string of the molecule is CS(#P)=PI. The Balaban J connectivity index is 3.82. The summed E-state index contributed by atoms with van der Waals surface area (Å²) in [4.78, 5) is 1.36. The van der Waals surface area contributed by atoms with Gasteiger partial charge in [0.15, 0.2) is 0 Å². The number of hydrogen-bond donors (Lipinski definition) is 0. The number of halogens is 1. The topological polar surface area (TPSA) is 0 Å². The third-order valence-corrected chi connectivity index (χ3v) is 9.76. The van der Waals surface area contributed by atoms with Gasteiger partial charge in [0.25, 0.3) is 0 Å². The van der Waals surface area contributed by atoms with E-state index in [1.54, 1.807) is 0 Å². The first-order valence-corrected chi connectivity index (χ1v) is 7.91. The minimum absolute atomic E-state index is 0.331. The van der Waals surface area contributed by atoms with Crippen LogP contribution in [0.1, 0.15) is 0 Å². The summed E-state index contributed by atoms with van der Waals surface area (Å²) in [6.07, 6.45) is 2.09. The average molecular weight is 236 g/mol. The predicted molar refractivity (Wildman–Crippen MR) is 41.1 cm³/mol. The van der Waals surface area contributed by atoms with Gasteiger partial charge in [0, 0.05) is 0 Å². The summed E-state index contributed by atoms with van der Waals surface area (Å²) in [5, 5.41) is 0. The number of hydrogen-bond acceptors (Lipinski definition) is 0. The normalized spacial score (nSPS) is 11.8. The molecule has 0 N–H and O–H groups in total. The molecule has 0 amide bonds. The van der Waals surface area contributed by atoms with E-state index in [2.05, 4.69) is 36.1 Å². The van der Waals surface area contributed by atoms with Crippen LogP contribution in [-0.4, -0.2) is 6.26 Å². The molecule has 30 valence electrons. The molecule has 4 heteroatoms. The van der Waals surface area contributed by atoms with Crippen LogP contribution in [0.3, 0.4) is 0 Å². The molecule has 0 radical (unpaired) electrons. The quantitative estimate of drug-likeness (QED) is 0.448. The van der Waals surface area contributed by atoms with Gasteiger partial charge in [-0.2, -0.15) is 0 Å². The van der Waals surface area contributed by atoms with Crippen molar-refractivity contribution in [1.82, 2.24) is 0 Å². The molecule has 0 bridgehead atoms. The Morgan fingerprint density at radius 1 is 2.00 bits per heavy atom. The van der Waals surface area contributed by atoms with Gasteiger partial charge in [-0.25, -0.2) is 0 Å². The van der Waals surface area contributed by atoms with Crippen molar-refractivity contribution >= 4 is 43.9 Å². The van der Waals surface area contributed by atoms with E-state index in [0.29, 0.717) is 9.05 Å². The fourth-order valence-corrected chi connectivity index (χ4v) is 0. The molecule has 0 aromatic rings. The average Bonchev–Trinajstić information content (AvgIpc) is 1.38. The molecule has 0 rings (SSSR count). The molecule has 0 aliphatic rings. The first-order valence-electron chi connectivity index (χ1n) is 0.942. The number of rotatable bonds is 0. The molecule has 0 aromatic heterocycles. The second-order valence-electron chi connectivity index (χ2n) is 0.516. The van der Waals surface area contributed by atoms with Gasteiger partial charge >= 0.3 is 50.2 Å². The van der Waals surface area contributed by atoms with E-state index in [4.69, 9.17) is 0 Å². The molecule has 0 aromatic carbocycles. The van der Waals surface area contributed by atoms with Crippen LogP contribution in [0.5, 0.6) is 0 Å². The van der Waals surface area contributed by atoms with Gasteiger partial charge < -0.3 is 0 Å². The summed E-state index contributed by atoms with van der Waals surface area (Å²) in [5.41, 5.74) is 0. The van der Waals surface area contributed by atoms with Crippen LogP contribution < -0.4 is 0 Å². The summed E-state index contributed by atoms with van der Waals surface area (Å²) in [5.74, 6) is 0. The van der Waals surface area contributed by atoms with Crippen LogP contribution in [0.25, 0.3) is 0 Å². The molecule has 0 aliphatic heterocycles. The van der Waals surface area contributed by atoms with Crippen molar-refractivity contribution in [2.24, 2.45) is 0 Å². The van der Waals surface area contributed by atoms with Gasteiger partial charge in [0.05, 0.1) is 0 Å². The maximum atomic E-state index is 4.11. The van der Waals surface area contributed by atoms with Crippen molar-refractivity contribution in [3.63, 3.8) is 0 Å². The molecule has 0 heterocycles. The molecule has 0 saturated heterocycles. The Morgan fingerprint density at radius 2 is 2.20 bits per heavy atom. The van der Waals surface area contributed by atoms with Crippen LogP contribution >= 0.6 is 34.9 Å². The van der Waals surface area contributed by atoms with Gasteiger partial charge in [-0.05, 0) is 0 Å². The Hall–Kier alpha value is 1.68. The molecule has 0 atom stereocenters. The van der Waals surface area contributed by atoms with E-state index in [0.717, 1.165) is 0 Å². The van der Waals surface area contributed by atoms with E-state index < -0.39 is 0 Å². The van der Waals surface area contributed by atoms with Crippen LogP contribution in [0.15, 0.2) is 0 Å². The van der Waals surface area contributed by atoms with Crippen molar-refractivity contribution in [2.75, 3.05) is 6.26 Å². The van der Waals surface area contributed by atoms with Crippen molar-refractivity contribution in [1.29, 1.82) is 0 Å². The van der Waals surface area contributed by atoms with Gasteiger partial charge in [-0.3, -0.25) is 0 Å². The maximum absolute atomic E-state index is 4.11. The molecule has 0 fully saturated rings. The zero-order chi connectivity index (χ0) is 4.28. The molecule has 0 nitrogen and oxygen atoms in total. The second kappa shape index (κ2) is 3.86. The summed E-state index contributed by atoms with van der Waals surface area (Å²) < 4.78 is 0. The molecular formula is CH3IP2S. The Morgan fingerprint density at radius 3 is 2.20 bits per heavy atom. The molecule has 0 unspecified atom stereocenters. The van der Waals surface area contributed by atoms with Crippen LogP contribution in [0.2, 0.25) is 0 Å². The third-order valence-electron chi connectivity index (χ3n) is 0.0999. The monoisotopic (exact) mass is 236 g/mol. The van der Waals surface area contributed by atoms with Crippen molar-refractivity contribution in [3.05, 3.63) is 0 Å². The summed E-state index contributed by atoms with van der Waals surface area (Å²) in [6, 6.07) is 0. The zero-order valence-corrected chi connectivity index (χ0v) is 7.44. The summed E-state index contributed by atoms with van der Waals surface area (Å²) >= 11 is 2.29. The van der Waals surface area contributed by atoms with Crippen molar-refractivity contribution in [3.8, 4) is 0 Å². The minimum atomic E-state index is 0.331. The Labute approximate surface area is 50.0 Å². The molecule has 0 aliphatic carbocycles. The summed E-state index contributed by atoms with van der Waals surface area (Å²) in [6.45, 7) is 0. The van der Waals surface area contributed by atoms with Crippen molar-refractivity contribution < 1.29 is 0 Å². The van der Waals surface area contributed by atoms with Crippen LogP contribution in [-0.2, 0) is 9.05 Å². The Bertz CT molecular complexity index is 120. The van der Waals surface area contributed by atoms with Crippen LogP contribution in [0, 0.1) is 0 Å². The standard InChI is InChI=1S/CH3IP2S/c1-5(3)4-2/h1H3. The second-order valence-corrected chi connectivity index (χ2v) is 9.66. The van der Waals surface area contributed by atoms with Gasteiger partial charge in [0.1, 0.15) is 0 Å². The fraction of sp³-hybridized carbons (Fsp3) is 1.00. The van der Waals surface area contributed by atoms with Crippen LogP contribution in [0.4, 0.5) is 0 Å². The van der Waals surface area contributed by atoms with E-state index >= 15 is 0 Å². The van der Waals surface area contributed by atoms with Gasteiger partial charge in [0.2, 0.25) is 0 Å². The van der Waals surface area contributed by atoms with E-state index in [1.807, 2.05) is 0 Å². The zero-order valence-electron chi connectivity index (χ0n) is 2.68. The Kier molecular flexibility index (Phi) is 5.15. The first kappa shape index (κ1) is 6.68.